The Morgan fingerprint density at radius 3 is 2.92 bits per heavy atom. The highest BCUT2D eigenvalue weighted by molar-refractivity contribution is 7.53. The molecule has 3 atom stereocenters. The number of allylic oxidation sites excluding steroid dienone is 2. The number of hydrogen-bond acceptors (Lipinski definition) is 4. The van der Waals surface area contributed by atoms with Crippen molar-refractivity contribution < 1.29 is 14.1 Å². The zero-order valence-corrected chi connectivity index (χ0v) is 8.82. The van der Waals surface area contributed by atoms with E-state index in [2.05, 4.69) is 4.31 Å². The first-order chi connectivity index (χ1) is 6.16. The first kappa shape index (κ1) is 11.0. The molecule has 0 radical (unpaired) electrons. The molecule has 6 heteroatoms. The molecule has 3 unspecified atom stereocenters. The van der Waals surface area contributed by atoms with Gasteiger partial charge < -0.3 is 10.6 Å². The van der Waals surface area contributed by atoms with E-state index >= 15 is 0 Å². The molecule has 1 aliphatic carbocycles. The Kier molecular flexibility index (Phi) is 4.20. The smallest absolute Gasteiger partial charge is 0.349 e. The van der Waals surface area contributed by atoms with E-state index in [1.54, 1.807) is 6.08 Å². The Balaban J connectivity index is 2.65. The highest BCUT2D eigenvalue weighted by atomic mass is 31.2. The highest BCUT2D eigenvalue weighted by Crippen LogP contribution is 2.30. The van der Waals surface area contributed by atoms with Gasteiger partial charge in [-0.25, -0.2) is 0 Å². The van der Waals surface area contributed by atoms with Gasteiger partial charge in [-0.3, -0.25) is 0 Å². The molecule has 13 heavy (non-hydrogen) atoms. The molecule has 0 heterocycles. The van der Waals surface area contributed by atoms with Gasteiger partial charge in [0, 0.05) is 0 Å². The van der Waals surface area contributed by atoms with E-state index in [-0.39, 0.29) is 0 Å². The van der Waals surface area contributed by atoms with Gasteiger partial charge in [0.2, 0.25) is 9.03 Å². The number of hydrogen-bond donors (Lipinski definition) is 3. The molecule has 4 N–H and O–H groups in total. The molecular weight excluding hydrogens is 208 g/mol. The molecule has 0 saturated heterocycles. The molecular formula is C7H12NO3P2+. The summed E-state index contributed by atoms with van der Waals surface area (Å²) < 4.78 is 4.62. The minimum absolute atomic E-state index is 0.640. The lowest BCUT2D eigenvalue weighted by Crippen LogP contribution is -2.39. The lowest BCUT2D eigenvalue weighted by Gasteiger charge is -2.17. The van der Waals surface area contributed by atoms with Crippen molar-refractivity contribution in [3.05, 3.63) is 24.3 Å². The standard InChI is InChI=1S/C7H12NO3P2/c8-7(4-2-1-3-5-7)6-13(10)11-12-9/h1-4,6,9-10,12H,5,8H2/q+1. The molecule has 0 aromatic heterocycles. The van der Waals surface area contributed by atoms with E-state index in [1.165, 1.54) is 5.80 Å². The lowest BCUT2D eigenvalue weighted by molar-refractivity contribution is 0.491. The largest absolute Gasteiger partial charge is 0.431 e. The molecule has 0 aromatic rings. The van der Waals surface area contributed by atoms with Crippen LogP contribution >= 0.6 is 17.0 Å². The van der Waals surface area contributed by atoms with Gasteiger partial charge in [0.15, 0.2) is 5.80 Å². The third-order valence-electron chi connectivity index (χ3n) is 1.61. The topological polar surface area (TPSA) is 75.7 Å². The second-order valence-electron chi connectivity index (χ2n) is 2.72. The summed E-state index contributed by atoms with van der Waals surface area (Å²) in [4.78, 5) is 17.7. The monoisotopic (exact) mass is 220 g/mol. The zero-order chi connectivity index (χ0) is 9.73. The second kappa shape index (κ2) is 4.97. The highest BCUT2D eigenvalue weighted by Gasteiger charge is 2.26. The summed E-state index contributed by atoms with van der Waals surface area (Å²) >= 11 is 0. The van der Waals surface area contributed by atoms with Crippen molar-refractivity contribution in [2.75, 3.05) is 0 Å². The third kappa shape index (κ3) is 3.65. The molecule has 72 valence electrons. The quantitative estimate of drug-likeness (QED) is 0.615. The maximum atomic E-state index is 9.26. The van der Waals surface area contributed by atoms with E-state index in [9.17, 15) is 4.89 Å². The second-order valence-corrected chi connectivity index (χ2v) is 4.49. The van der Waals surface area contributed by atoms with Gasteiger partial charge in [0.25, 0.3) is 0 Å². The van der Waals surface area contributed by atoms with Crippen LogP contribution in [0.15, 0.2) is 24.3 Å². The van der Waals surface area contributed by atoms with Crippen LogP contribution in [0.1, 0.15) is 6.42 Å². The van der Waals surface area contributed by atoms with Gasteiger partial charge in [0.1, 0.15) is 5.54 Å². The minimum Gasteiger partial charge on any atom is -0.349 e. The van der Waals surface area contributed by atoms with Crippen molar-refractivity contribution in [1.29, 1.82) is 0 Å². The van der Waals surface area contributed by atoms with E-state index in [0.29, 0.717) is 6.42 Å². The Hall–Kier alpha value is -0.0800. The summed E-state index contributed by atoms with van der Waals surface area (Å²) in [6.45, 7) is 0. The molecule has 4 nitrogen and oxygen atoms in total. The third-order valence-corrected chi connectivity index (χ3v) is 3.39. The van der Waals surface area contributed by atoms with Crippen molar-refractivity contribution in [1.82, 2.24) is 0 Å². The Morgan fingerprint density at radius 2 is 2.38 bits per heavy atom. The van der Waals surface area contributed by atoms with Crippen LogP contribution in [0.5, 0.6) is 0 Å². The van der Waals surface area contributed by atoms with Crippen molar-refractivity contribution in [3.63, 3.8) is 0 Å². The summed E-state index contributed by atoms with van der Waals surface area (Å²) in [6, 6.07) is 0. The van der Waals surface area contributed by atoms with Crippen molar-refractivity contribution in [2.24, 2.45) is 5.73 Å². The minimum atomic E-state index is -1.72. The molecule has 0 amide bonds. The van der Waals surface area contributed by atoms with Crippen molar-refractivity contribution in [3.8, 4) is 0 Å². The molecule has 1 aliphatic rings. The normalized spacial score (nSPS) is 29.0. The lowest BCUT2D eigenvalue weighted by atomic mass is 9.95. The Labute approximate surface area is 79.6 Å². The van der Waals surface area contributed by atoms with Crippen LogP contribution in [0.2, 0.25) is 0 Å². The summed E-state index contributed by atoms with van der Waals surface area (Å²) in [6.07, 6.45) is 8.07. The maximum Gasteiger partial charge on any atom is 0.431 e. The zero-order valence-electron chi connectivity index (χ0n) is 6.92. The van der Waals surface area contributed by atoms with Crippen LogP contribution in [0.25, 0.3) is 0 Å². The first-order valence-electron chi connectivity index (χ1n) is 3.70. The van der Waals surface area contributed by atoms with Crippen LogP contribution in [0.3, 0.4) is 0 Å². The molecule has 0 bridgehead atoms. The SMILES string of the molecule is NC1(C=[P+](O)OPO)C=CC=CC1. The fourth-order valence-corrected chi connectivity index (χ4v) is 2.17. The van der Waals surface area contributed by atoms with Gasteiger partial charge in [0.05, 0.1) is 0 Å². The maximum absolute atomic E-state index is 9.26. The summed E-state index contributed by atoms with van der Waals surface area (Å²) in [7, 11) is -2.43. The Morgan fingerprint density at radius 1 is 1.62 bits per heavy atom. The Bertz CT molecular complexity index is 264. The van der Waals surface area contributed by atoms with Crippen molar-refractivity contribution >= 4 is 22.8 Å². The molecule has 0 saturated carbocycles. The van der Waals surface area contributed by atoms with Gasteiger partial charge >= 0.3 is 8.00 Å². The van der Waals surface area contributed by atoms with Gasteiger partial charge in [-0.05, 0) is 6.42 Å². The predicted molar refractivity (Wildman–Crippen MR) is 56.6 cm³/mol. The van der Waals surface area contributed by atoms with Crippen LogP contribution in [-0.4, -0.2) is 21.1 Å². The van der Waals surface area contributed by atoms with Gasteiger partial charge in [-0.15, -0.1) is 4.31 Å². The van der Waals surface area contributed by atoms with Gasteiger partial charge in [-0.2, -0.15) is 4.89 Å². The molecule has 0 aromatic carbocycles. The van der Waals surface area contributed by atoms with Gasteiger partial charge in [-0.1, -0.05) is 24.3 Å². The predicted octanol–water partition coefficient (Wildman–Crippen LogP) is 0.824. The van der Waals surface area contributed by atoms with E-state index in [0.717, 1.165) is 0 Å². The van der Waals surface area contributed by atoms with Crippen LogP contribution in [0, 0.1) is 0 Å². The molecule has 0 fully saturated rings. The number of nitrogens with two attached hydrogens (primary N) is 1. The van der Waals surface area contributed by atoms with Crippen LogP contribution in [0.4, 0.5) is 0 Å². The fraction of sp³-hybridized carbons (Fsp3) is 0.286. The first-order valence-corrected chi connectivity index (χ1v) is 5.83. The van der Waals surface area contributed by atoms with E-state index in [4.69, 9.17) is 10.6 Å². The average Bonchev–Trinajstić information content (AvgIpc) is 2.04. The number of rotatable bonds is 3. The summed E-state index contributed by atoms with van der Waals surface area (Å²) in [5.74, 6) is 1.52. The van der Waals surface area contributed by atoms with E-state index < -0.39 is 22.6 Å². The van der Waals surface area contributed by atoms with Crippen LogP contribution < -0.4 is 5.73 Å². The van der Waals surface area contributed by atoms with E-state index in [1.807, 2.05) is 18.2 Å². The summed E-state index contributed by atoms with van der Waals surface area (Å²) in [5, 5.41) is 0. The molecule has 1 rings (SSSR count). The molecule has 0 aliphatic heterocycles. The fourth-order valence-electron chi connectivity index (χ4n) is 1.02. The summed E-state index contributed by atoms with van der Waals surface area (Å²) in [5.41, 5.74) is 5.25. The molecule has 0 spiro atoms. The van der Waals surface area contributed by atoms with Crippen molar-refractivity contribution in [2.45, 2.75) is 12.0 Å². The average molecular weight is 220 g/mol. The van der Waals surface area contributed by atoms with Crippen LogP contribution in [-0.2, 0) is 4.31 Å².